The molecule has 0 aliphatic carbocycles. The van der Waals surface area contributed by atoms with Gasteiger partial charge in [0.15, 0.2) is 0 Å². The van der Waals surface area contributed by atoms with Crippen molar-refractivity contribution in [2.24, 2.45) is 0 Å². The van der Waals surface area contributed by atoms with E-state index >= 15 is 0 Å². The molecule has 0 saturated carbocycles. The number of hydrogen-bond acceptors (Lipinski definition) is 2. The molecule has 39 heavy (non-hydrogen) atoms. The van der Waals surface area contributed by atoms with Gasteiger partial charge >= 0.3 is 5.97 Å². The van der Waals surface area contributed by atoms with Crippen LogP contribution in [0.4, 0.5) is 0 Å². The number of carbonyl (C=O) groups is 1. The zero-order valence-corrected chi connectivity index (χ0v) is 25.7. The first-order valence-corrected chi connectivity index (χ1v) is 17.1. The van der Waals surface area contributed by atoms with Gasteiger partial charge in [0, 0.05) is 13.0 Å². The third-order valence-corrected chi connectivity index (χ3v) is 12.4. The van der Waals surface area contributed by atoms with Crippen LogP contribution >= 0.6 is 0 Å². The molecule has 0 saturated heterocycles. The van der Waals surface area contributed by atoms with Crippen molar-refractivity contribution in [3.05, 3.63) is 85.0 Å². The summed E-state index contributed by atoms with van der Waals surface area (Å²) in [5.41, 5.74) is 0. The maximum Gasteiger partial charge on any atom is 0.303 e. The fraction of sp³-hybridized carbons (Fsp3) is 0.514. The van der Waals surface area contributed by atoms with E-state index in [0.29, 0.717) is 0 Å². The van der Waals surface area contributed by atoms with Gasteiger partial charge in [0.05, 0.1) is 0 Å². The van der Waals surface area contributed by atoms with Crippen molar-refractivity contribution in [1.82, 2.24) is 0 Å². The van der Waals surface area contributed by atoms with Crippen molar-refractivity contribution in [2.75, 3.05) is 6.61 Å². The van der Waals surface area contributed by atoms with Crippen molar-refractivity contribution in [3.63, 3.8) is 0 Å². The Morgan fingerprint density at radius 2 is 1.08 bits per heavy atom. The molecular weight excluding hydrogens is 496 g/mol. The quantitative estimate of drug-likeness (QED) is 0.102. The van der Waals surface area contributed by atoms with Crippen LogP contribution in [0.25, 0.3) is 0 Å². The second-order valence-corrected chi connectivity index (χ2v) is 15.9. The van der Waals surface area contributed by atoms with Crippen LogP contribution in [0.2, 0.25) is 5.04 Å². The van der Waals surface area contributed by atoms with Crippen molar-refractivity contribution in [2.45, 2.75) is 109 Å². The Hall–Kier alpha value is -2.43. The van der Waals surface area contributed by atoms with E-state index in [0.717, 1.165) is 38.7 Å². The molecular formula is C35H52O3Si. The molecule has 0 spiro atoms. The van der Waals surface area contributed by atoms with Crippen LogP contribution < -0.4 is 10.4 Å². The summed E-state index contributed by atoms with van der Waals surface area (Å²) in [6.45, 7) is 7.82. The van der Waals surface area contributed by atoms with Crippen LogP contribution in [0, 0.1) is 0 Å². The van der Waals surface area contributed by atoms with E-state index < -0.39 is 14.3 Å². The molecule has 0 aliphatic heterocycles. The van der Waals surface area contributed by atoms with E-state index in [1.54, 1.807) is 0 Å². The van der Waals surface area contributed by atoms with Crippen LogP contribution in [-0.2, 0) is 9.22 Å². The van der Waals surface area contributed by atoms with Crippen LogP contribution in [-0.4, -0.2) is 26.0 Å². The number of carboxylic acids is 1. The molecule has 1 N–H and O–H groups in total. The number of benzene rings is 2. The summed E-state index contributed by atoms with van der Waals surface area (Å²) in [4.78, 5) is 10.5. The first-order chi connectivity index (χ1) is 18.9. The average molecular weight is 549 g/mol. The predicted molar refractivity (Wildman–Crippen MR) is 170 cm³/mol. The Morgan fingerprint density at radius 3 is 1.51 bits per heavy atom. The van der Waals surface area contributed by atoms with Crippen molar-refractivity contribution in [3.8, 4) is 0 Å². The molecule has 0 amide bonds. The summed E-state index contributed by atoms with van der Waals surface area (Å²) in [5.74, 6) is -0.699. The first kappa shape index (κ1) is 32.8. The molecule has 0 fully saturated rings. The summed E-state index contributed by atoms with van der Waals surface area (Å²) < 4.78 is 6.99. The zero-order valence-electron chi connectivity index (χ0n) is 24.7. The largest absolute Gasteiger partial charge is 0.481 e. The minimum absolute atomic E-state index is 0.0373. The summed E-state index contributed by atoms with van der Waals surface area (Å²) in [6, 6.07) is 21.8. The van der Waals surface area contributed by atoms with E-state index in [9.17, 15) is 4.79 Å². The minimum Gasteiger partial charge on any atom is -0.481 e. The van der Waals surface area contributed by atoms with Gasteiger partial charge in [-0.25, -0.2) is 0 Å². The smallest absolute Gasteiger partial charge is 0.303 e. The van der Waals surface area contributed by atoms with Gasteiger partial charge in [0.2, 0.25) is 0 Å². The Labute approximate surface area is 239 Å². The van der Waals surface area contributed by atoms with Crippen molar-refractivity contribution in [1.29, 1.82) is 0 Å². The number of allylic oxidation sites excluding steroid dienone is 4. The molecule has 214 valence electrons. The standard InChI is InChI=1S/C35H52O3Si/c1-35(2,3)39(32-26-20-18-21-27-32,33-28-22-19-23-29-33)38-31-25-17-15-13-11-9-7-5-4-6-8-10-12-14-16-24-30-34(36)37/h11-14,18-23,26-29H,4-10,15-17,24-25,30-31H2,1-3H3,(H,36,37)/b13-11-,14-12-. The molecule has 0 radical (unpaired) electrons. The lowest BCUT2D eigenvalue weighted by atomic mass is 10.1. The number of unbranched alkanes of at least 4 members (excludes halogenated alkanes) is 9. The Kier molecular flexibility index (Phi) is 15.8. The minimum atomic E-state index is -2.40. The lowest BCUT2D eigenvalue weighted by Crippen LogP contribution is -2.66. The highest BCUT2D eigenvalue weighted by molar-refractivity contribution is 6.99. The van der Waals surface area contributed by atoms with Gasteiger partial charge in [-0.1, -0.05) is 125 Å². The highest BCUT2D eigenvalue weighted by atomic mass is 28.4. The Balaban J connectivity index is 1.63. The molecule has 0 heterocycles. The maximum absolute atomic E-state index is 10.5. The molecule has 0 aromatic heterocycles. The van der Waals surface area contributed by atoms with E-state index in [1.165, 1.54) is 55.3 Å². The summed E-state index contributed by atoms with van der Waals surface area (Å²) in [6.07, 6.45) is 23.1. The van der Waals surface area contributed by atoms with Gasteiger partial charge in [0.25, 0.3) is 8.32 Å². The number of hydrogen-bond donors (Lipinski definition) is 1. The van der Waals surface area contributed by atoms with Crippen LogP contribution in [0.15, 0.2) is 85.0 Å². The van der Waals surface area contributed by atoms with Gasteiger partial charge < -0.3 is 9.53 Å². The van der Waals surface area contributed by atoms with Gasteiger partial charge in [-0.15, -0.1) is 0 Å². The SMILES string of the molecule is CC(C)(C)[Si](OCCCC/C=C\CCCCCCC/C=C\CCCC(=O)O)(c1ccccc1)c1ccccc1. The third-order valence-electron chi connectivity index (χ3n) is 7.34. The fourth-order valence-electron chi connectivity index (χ4n) is 5.25. The lowest BCUT2D eigenvalue weighted by Gasteiger charge is -2.43. The van der Waals surface area contributed by atoms with Gasteiger partial charge in [-0.2, -0.15) is 0 Å². The zero-order chi connectivity index (χ0) is 28.2. The van der Waals surface area contributed by atoms with Crippen LogP contribution in [0.1, 0.15) is 104 Å². The van der Waals surface area contributed by atoms with Gasteiger partial charge in [0.1, 0.15) is 0 Å². The summed E-state index contributed by atoms with van der Waals surface area (Å²) in [5, 5.41) is 11.4. The average Bonchev–Trinajstić information content (AvgIpc) is 2.92. The van der Waals surface area contributed by atoms with Crippen molar-refractivity contribution >= 4 is 24.7 Å². The predicted octanol–water partition coefficient (Wildman–Crippen LogP) is 8.83. The molecule has 4 heteroatoms. The molecule has 0 aliphatic rings. The first-order valence-electron chi connectivity index (χ1n) is 15.1. The second-order valence-electron chi connectivity index (χ2n) is 11.6. The maximum atomic E-state index is 10.5. The highest BCUT2D eigenvalue weighted by Crippen LogP contribution is 2.36. The normalized spacial score (nSPS) is 12.5. The number of carboxylic acid groups (broad SMARTS) is 1. The number of aliphatic carboxylic acids is 1. The van der Waals surface area contributed by atoms with E-state index in [4.69, 9.17) is 9.53 Å². The molecule has 2 aromatic carbocycles. The summed E-state index contributed by atoms with van der Waals surface area (Å²) in [7, 11) is -2.40. The molecule has 2 rings (SSSR count). The van der Waals surface area contributed by atoms with E-state index in [2.05, 4.69) is 106 Å². The van der Waals surface area contributed by atoms with E-state index in [-0.39, 0.29) is 11.5 Å². The number of rotatable bonds is 20. The van der Waals surface area contributed by atoms with Crippen molar-refractivity contribution < 1.29 is 14.3 Å². The molecule has 0 bridgehead atoms. The second kappa shape index (κ2) is 18.8. The lowest BCUT2D eigenvalue weighted by molar-refractivity contribution is -0.137. The van der Waals surface area contributed by atoms with Gasteiger partial charge in [-0.05, 0) is 73.2 Å². The fourth-order valence-corrected chi connectivity index (χ4v) is 9.85. The molecule has 3 nitrogen and oxygen atoms in total. The van der Waals surface area contributed by atoms with Crippen LogP contribution in [0.5, 0.6) is 0 Å². The topological polar surface area (TPSA) is 46.5 Å². The highest BCUT2D eigenvalue weighted by Gasteiger charge is 2.49. The van der Waals surface area contributed by atoms with Crippen LogP contribution in [0.3, 0.4) is 0 Å². The Bertz CT molecular complexity index is 921. The third kappa shape index (κ3) is 12.1. The summed E-state index contributed by atoms with van der Waals surface area (Å²) >= 11 is 0. The van der Waals surface area contributed by atoms with Gasteiger partial charge in [-0.3, -0.25) is 4.79 Å². The Morgan fingerprint density at radius 1 is 0.667 bits per heavy atom. The molecule has 0 atom stereocenters. The molecule has 2 aromatic rings. The van der Waals surface area contributed by atoms with E-state index in [1.807, 2.05) is 0 Å². The molecule has 0 unspecified atom stereocenters. The monoisotopic (exact) mass is 548 g/mol.